The summed E-state index contributed by atoms with van der Waals surface area (Å²) in [6.07, 6.45) is 0.289. The van der Waals surface area contributed by atoms with E-state index in [0.717, 1.165) is 5.56 Å². The third kappa shape index (κ3) is 7.25. The lowest BCUT2D eigenvalue weighted by atomic mass is 10.1. The predicted octanol–water partition coefficient (Wildman–Crippen LogP) is 1.84. The number of benzene rings is 2. The van der Waals surface area contributed by atoms with Crippen LogP contribution in [0.1, 0.15) is 22.5 Å². The summed E-state index contributed by atoms with van der Waals surface area (Å²) in [7, 11) is 0. The molecule has 3 N–H and O–H groups in total. The molecule has 0 saturated carbocycles. The van der Waals surface area contributed by atoms with Crippen molar-refractivity contribution in [2.75, 3.05) is 39.4 Å². The van der Waals surface area contributed by atoms with Crippen molar-refractivity contribution in [2.45, 2.75) is 19.1 Å². The summed E-state index contributed by atoms with van der Waals surface area (Å²) in [5.74, 6) is -1.64. The van der Waals surface area contributed by atoms with Gasteiger partial charge in [0, 0.05) is 44.2 Å². The number of pyridine rings is 1. The maximum absolute atomic E-state index is 13.3. The van der Waals surface area contributed by atoms with Crippen LogP contribution in [0.2, 0.25) is 0 Å². The fourth-order valence-corrected chi connectivity index (χ4v) is 4.08. The fourth-order valence-electron chi connectivity index (χ4n) is 4.08. The van der Waals surface area contributed by atoms with Crippen LogP contribution in [0.3, 0.4) is 0 Å². The van der Waals surface area contributed by atoms with Gasteiger partial charge in [-0.1, -0.05) is 42.5 Å². The van der Waals surface area contributed by atoms with Crippen molar-refractivity contribution in [1.82, 2.24) is 20.5 Å². The Morgan fingerprint density at radius 3 is 2.54 bits per heavy atom. The molecule has 4 rings (SSSR count). The van der Waals surface area contributed by atoms with E-state index in [4.69, 9.17) is 14.6 Å². The van der Waals surface area contributed by atoms with Gasteiger partial charge >= 0.3 is 5.97 Å². The third-order valence-electron chi connectivity index (χ3n) is 5.96. The van der Waals surface area contributed by atoms with Gasteiger partial charge in [0.1, 0.15) is 17.5 Å². The quantitative estimate of drug-likeness (QED) is 0.336. The SMILES string of the molecule is O=C(O)COc1cc(C(=O)N[C@@H](CCOCc2ccccc2)C(=O)N2CCNCC2)nc2ccccc12. The first kappa shape index (κ1) is 26.1. The van der Waals surface area contributed by atoms with Gasteiger partial charge in [0.25, 0.3) is 5.91 Å². The maximum atomic E-state index is 13.3. The molecule has 0 aliphatic carbocycles. The summed E-state index contributed by atoms with van der Waals surface area (Å²) < 4.78 is 11.2. The molecule has 1 aliphatic rings. The van der Waals surface area contributed by atoms with Crippen molar-refractivity contribution in [1.29, 1.82) is 0 Å². The molecule has 0 spiro atoms. The lowest BCUT2D eigenvalue weighted by Crippen LogP contribution is -2.54. The molecule has 37 heavy (non-hydrogen) atoms. The van der Waals surface area contributed by atoms with Gasteiger partial charge < -0.3 is 30.1 Å². The summed E-state index contributed by atoms with van der Waals surface area (Å²) in [5.41, 5.74) is 1.53. The highest BCUT2D eigenvalue weighted by Crippen LogP contribution is 2.25. The van der Waals surface area contributed by atoms with E-state index < -0.39 is 24.5 Å². The summed E-state index contributed by atoms with van der Waals surface area (Å²) in [5, 5.41) is 15.7. The number of carbonyl (C=O) groups is 3. The number of aromatic nitrogens is 1. The van der Waals surface area contributed by atoms with Crippen molar-refractivity contribution in [3.05, 3.63) is 71.9 Å². The van der Waals surface area contributed by atoms with Crippen molar-refractivity contribution in [3.8, 4) is 5.75 Å². The smallest absolute Gasteiger partial charge is 0.341 e. The monoisotopic (exact) mass is 506 g/mol. The lowest BCUT2D eigenvalue weighted by molar-refractivity contribution is -0.139. The molecule has 2 aromatic carbocycles. The van der Waals surface area contributed by atoms with E-state index in [9.17, 15) is 14.4 Å². The first-order valence-electron chi connectivity index (χ1n) is 12.2. The average molecular weight is 507 g/mol. The van der Waals surface area contributed by atoms with Gasteiger partial charge in [-0.2, -0.15) is 0 Å². The molecule has 1 saturated heterocycles. The highest BCUT2D eigenvalue weighted by Gasteiger charge is 2.28. The van der Waals surface area contributed by atoms with Crippen molar-refractivity contribution in [3.63, 3.8) is 0 Å². The molecule has 10 nitrogen and oxygen atoms in total. The second-order valence-corrected chi connectivity index (χ2v) is 8.63. The number of hydrogen-bond acceptors (Lipinski definition) is 7. The van der Waals surface area contributed by atoms with Gasteiger partial charge in [-0.3, -0.25) is 9.59 Å². The number of ether oxygens (including phenoxy) is 2. The molecule has 1 fully saturated rings. The second kappa shape index (κ2) is 12.8. The van der Waals surface area contributed by atoms with Gasteiger partial charge in [0.2, 0.25) is 5.91 Å². The zero-order valence-electron chi connectivity index (χ0n) is 20.4. The predicted molar refractivity (Wildman–Crippen MR) is 136 cm³/mol. The number of nitrogens with one attached hydrogen (secondary N) is 2. The van der Waals surface area contributed by atoms with Crippen LogP contribution in [0.4, 0.5) is 0 Å². The standard InChI is InChI=1S/C27H30N4O6/c32-25(33)18-37-24-16-23(29-21-9-5-4-8-20(21)24)26(34)30-22(27(35)31-13-11-28-12-14-31)10-15-36-17-19-6-2-1-3-7-19/h1-9,16,22,28H,10-15,17-18H2,(H,30,34)(H,32,33)/t22-/m0/s1. The highest BCUT2D eigenvalue weighted by molar-refractivity contribution is 5.99. The molecule has 2 amide bonds. The highest BCUT2D eigenvalue weighted by atomic mass is 16.5. The van der Waals surface area contributed by atoms with Gasteiger partial charge in [0.15, 0.2) is 6.61 Å². The number of carboxylic acids is 1. The number of carbonyl (C=O) groups excluding carboxylic acids is 2. The number of hydrogen-bond donors (Lipinski definition) is 3. The zero-order chi connectivity index (χ0) is 26.0. The van der Waals surface area contributed by atoms with Crippen LogP contribution in [-0.2, 0) is 20.9 Å². The molecule has 1 aromatic heterocycles. The summed E-state index contributed by atoms with van der Waals surface area (Å²) in [4.78, 5) is 43.7. The Labute approximate surface area is 214 Å². The van der Waals surface area contributed by atoms with Gasteiger partial charge in [-0.05, 0) is 24.1 Å². The van der Waals surface area contributed by atoms with Crippen LogP contribution in [0.25, 0.3) is 10.9 Å². The van der Waals surface area contributed by atoms with Crippen LogP contribution >= 0.6 is 0 Å². The van der Waals surface area contributed by atoms with E-state index in [1.165, 1.54) is 6.07 Å². The Kier molecular flexibility index (Phi) is 9.01. The van der Waals surface area contributed by atoms with E-state index in [1.54, 1.807) is 29.2 Å². The number of para-hydroxylation sites is 1. The molecule has 1 atom stereocenters. The molecule has 1 aliphatic heterocycles. The minimum atomic E-state index is -1.14. The number of carboxylic acid groups (broad SMARTS) is 1. The number of amides is 2. The number of rotatable bonds is 11. The van der Waals surface area contributed by atoms with Crippen LogP contribution < -0.4 is 15.4 Å². The number of nitrogens with zero attached hydrogens (tertiary/aromatic N) is 2. The Hall–Kier alpha value is -4.02. The number of aliphatic carboxylic acids is 1. The minimum absolute atomic E-state index is 0.0300. The second-order valence-electron chi connectivity index (χ2n) is 8.63. The van der Waals surface area contributed by atoms with E-state index in [2.05, 4.69) is 15.6 Å². The van der Waals surface area contributed by atoms with Gasteiger partial charge in [-0.25, -0.2) is 9.78 Å². The van der Waals surface area contributed by atoms with Gasteiger partial charge in [-0.15, -0.1) is 0 Å². The lowest BCUT2D eigenvalue weighted by Gasteiger charge is -2.31. The largest absolute Gasteiger partial charge is 0.481 e. The Balaban J connectivity index is 1.49. The number of fused-ring (bicyclic) bond motifs is 1. The first-order valence-corrected chi connectivity index (χ1v) is 12.2. The van der Waals surface area contributed by atoms with Crippen molar-refractivity contribution in [2.24, 2.45) is 0 Å². The average Bonchev–Trinajstić information content (AvgIpc) is 2.93. The van der Waals surface area contributed by atoms with Crippen LogP contribution in [-0.4, -0.2) is 78.2 Å². The van der Waals surface area contributed by atoms with Crippen LogP contribution in [0, 0.1) is 0 Å². The fraction of sp³-hybridized carbons (Fsp3) is 0.333. The molecule has 3 aromatic rings. The maximum Gasteiger partial charge on any atom is 0.341 e. The van der Waals surface area contributed by atoms with E-state index in [0.29, 0.717) is 43.7 Å². The molecule has 0 bridgehead atoms. The van der Waals surface area contributed by atoms with Crippen molar-refractivity contribution >= 4 is 28.7 Å². The summed E-state index contributed by atoms with van der Waals surface area (Å²) >= 11 is 0. The zero-order valence-corrected chi connectivity index (χ0v) is 20.4. The van der Waals surface area contributed by atoms with E-state index in [-0.39, 0.29) is 30.4 Å². The van der Waals surface area contributed by atoms with Gasteiger partial charge in [0.05, 0.1) is 12.1 Å². The molecular formula is C27H30N4O6. The molecular weight excluding hydrogens is 476 g/mol. The molecule has 2 heterocycles. The summed E-state index contributed by atoms with van der Waals surface area (Å²) in [6, 6.07) is 17.3. The van der Waals surface area contributed by atoms with E-state index >= 15 is 0 Å². The van der Waals surface area contributed by atoms with Crippen LogP contribution in [0.5, 0.6) is 5.75 Å². The summed E-state index contributed by atoms with van der Waals surface area (Å²) in [6.45, 7) is 2.60. The Bertz CT molecular complexity index is 1230. The molecule has 0 radical (unpaired) electrons. The number of piperazine rings is 1. The van der Waals surface area contributed by atoms with Crippen LogP contribution in [0.15, 0.2) is 60.7 Å². The minimum Gasteiger partial charge on any atom is -0.481 e. The molecule has 0 unspecified atom stereocenters. The third-order valence-corrected chi connectivity index (χ3v) is 5.96. The Morgan fingerprint density at radius 2 is 1.78 bits per heavy atom. The molecule has 10 heteroatoms. The van der Waals surface area contributed by atoms with Crippen molar-refractivity contribution < 1.29 is 29.0 Å². The Morgan fingerprint density at radius 1 is 1.05 bits per heavy atom. The topological polar surface area (TPSA) is 130 Å². The van der Waals surface area contributed by atoms with E-state index in [1.807, 2.05) is 30.3 Å². The first-order chi connectivity index (χ1) is 18.0. The normalized spacial score (nSPS) is 14.2. The molecule has 194 valence electrons.